The van der Waals surface area contributed by atoms with E-state index in [0.29, 0.717) is 17.9 Å². The van der Waals surface area contributed by atoms with Crippen molar-refractivity contribution in [3.8, 4) is 0 Å². The van der Waals surface area contributed by atoms with Crippen LogP contribution < -0.4 is 0 Å². The minimum atomic E-state index is 0.200. The normalized spacial score (nSPS) is 11.2. The summed E-state index contributed by atoms with van der Waals surface area (Å²) in [6, 6.07) is 0. The van der Waals surface area contributed by atoms with E-state index in [1.807, 2.05) is 33.0 Å². The Bertz CT molecular complexity index is 399. The van der Waals surface area contributed by atoms with Crippen molar-refractivity contribution in [3.63, 3.8) is 0 Å². The number of aromatic nitrogens is 2. The molecule has 0 saturated heterocycles. The summed E-state index contributed by atoms with van der Waals surface area (Å²) >= 11 is 6.19. The third-order valence-electron chi connectivity index (χ3n) is 2.71. The highest BCUT2D eigenvalue weighted by atomic mass is 35.5. The molecule has 96 valence electrons. The zero-order valence-corrected chi connectivity index (χ0v) is 11.7. The van der Waals surface area contributed by atoms with Crippen molar-refractivity contribution in [3.05, 3.63) is 16.4 Å². The number of rotatable bonds is 6. The Labute approximate surface area is 108 Å². The molecule has 0 N–H and O–H groups in total. The molecule has 1 rings (SSSR count). The molecule has 4 nitrogen and oxygen atoms in total. The Morgan fingerprint density at radius 2 is 2.12 bits per heavy atom. The molecule has 1 heterocycles. The highest BCUT2D eigenvalue weighted by Gasteiger charge is 2.15. The van der Waals surface area contributed by atoms with Crippen LogP contribution in [-0.4, -0.2) is 41.1 Å². The number of ketones is 1. The van der Waals surface area contributed by atoms with Crippen LogP contribution in [0, 0.1) is 0 Å². The van der Waals surface area contributed by atoms with Crippen molar-refractivity contribution >= 4 is 17.4 Å². The third-order valence-corrected chi connectivity index (χ3v) is 3.14. The molecule has 0 atom stereocenters. The third kappa shape index (κ3) is 3.82. The van der Waals surface area contributed by atoms with Crippen molar-refractivity contribution in [1.29, 1.82) is 0 Å². The molecule has 0 radical (unpaired) electrons. The number of carbonyl (C=O) groups excluding carboxylic acids is 1. The second-order valence-corrected chi connectivity index (χ2v) is 4.83. The van der Waals surface area contributed by atoms with Crippen molar-refractivity contribution in [2.75, 3.05) is 20.6 Å². The van der Waals surface area contributed by atoms with Crippen molar-refractivity contribution in [2.45, 2.75) is 26.2 Å². The van der Waals surface area contributed by atoms with Gasteiger partial charge in [0.15, 0.2) is 0 Å². The van der Waals surface area contributed by atoms with Gasteiger partial charge in [-0.3, -0.25) is 9.48 Å². The molecule has 17 heavy (non-hydrogen) atoms. The molecule has 0 aliphatic rings. The van der Waals surface area contributed by atoms with Crippen LogP contribution in [0.3, 0.4) is 0 Å². The summed E-state index contributed by atoms with van der Waals surface area (Å²) in [5, 5.41) is 4.95. The first-order chi connectivity index (χ1) is 7.95. The monoisotopic (exact) mass is 257 g/mol. The van der Waals surface area contributed by atoms with Gasteiger partial charge in [-0.15, -0.1) is 0 Å². The summed E-state index contributed by atoms with van der Waals surface area (Å²) in [7, 11) is 5.75. The fourth-order valence-electron chi connectivity index (χ4n) is 1.64. The quantitative estimate of drug-likeness (QED) is 0.779. The van der Waals surface area contributed by atoms with E-state index in [-0.39, 0.29) is 5.78 Å². The highest BCUT2D eigenvalue weighted by Crippen LogP contribution is 2.21. The molecule has 0 aromatic carbocycles. The van der Waals surface area contributed by atoms with Gasteiger partial charge in [0.2, 0.25) is 0 Å². The van der Waals surface area contributed by atoms with Gasteiger partial charge in [0.1, 0.15) is 5.78 Å². The summed E-state index contributed by atoms with van der Waals surface area (Å²) in [6.07, 6.45) is 1.71. The Morgan fingerprint density at radius 1 is 1.47 bits per heavy atom. The Hall–Kier alpha value is -0.870. The fraction of sp³-hybridized carbons (Fsp3) is 0.667. The minimum Gasteiger partial charge on any atom is -0.309 e. The summed E-state index contributed by atoms with van der Waals surface area (Å²) in [6.45, 7) is 2.78. The van der Waals surface area contributed by atoms with E-state index in [1.54, 1.807) is 4.68 Å². The average molecular weight is 258 g/mol. The van der Waals surface area contributed by atoms with Gasteiger partial charge >= 0.3 is 0 Å². The second kappa shape index (κ2) is 6.17. The van der Waals surface area contributed by atoms with Crippen LogP contribution in [0.5, 0.6) is 0 Å². The molecular weight excluding hydrogens is 238 g/mol. The fourth-order valence-corrected chi connectivity index (χ4v) is 2.00. The summed E-state index contributed by atoms with van der Waals surface area (Å²) in [4.78, 5) is 13.8. The maximum absolute atomic E-state index is 11.8. The van der Waals surface area contributed by atoms with E-state index < -0.39 is 0 Å². The topological polar surface area (TPSA) is 38.1 Å². The largest absolute Gasteiger partial charge is 0.309 e. The van der Waals surface area contributed by atoms with E-state index >= 15 is 0 Å². The first-order valence-electron chi connectivity index (χ1n) is 5.82. The van der Waals surface area contributed by atoms with Gasteiger partial charge in [0, 0.05) is 26.4 Å². The number of hydrogen-bond donors (Lipinski definition) is 0. The molecule has 0 bridgehead atoms. The molecular formula is C12H20ClN3O. The van der Waals surface area contributed by atoms with Gasteiger partial charge in [-0.2, -0.15) is 5.10 Å². The van der Waals surface area contributed by atoms with Crippen LogP contribution in [0.15, 0.2) is 0 Å². The molecule has 0 aliphatic carbocycles. The molecule has 0 amide bonds. The number of Topliss-reactive ketones (excluding diaryl/α,β-unsaturated/α-hetero) is 1. The SMILES string of the molecule is CCc1nn(C)c(CC(=O)CCN(C)C)c1Cl. The maximum atomic E-state index is 11.8. The molecule has 1 aromatic heterocycles. The summed E-state index contributed by atoms with van der Waals surface area (Å²) in [5.41, 5.74) is 1.69. The molecule has 0 spiro atoms. The standard InChI is InChI=1S/C12H20ClN3O/c1-5-10-12(13)11(16(4)14-10)8-9(17)6-7-15(2)3/h5-8H2,1-4H3. The van der Waals surface area contributed by atoms with E-state index in [1.165, 1.54) is 0 Å². The lowest BCUT2D eigenvalue weighted by atomic mass is 10.1. The van der Waals surface area contributed by atoms with Crippen LogP contribution in [-0.2, 0) is 24.7 Å². The number of carbonyl (C=O) groups is 1. The summed E-state index contributed by atoms with van der Waals surface area (Å²) in [5.74, 6) is 0.200. The Morgan fingerprint density at radius 3 is 2.59 bits per heavy atom. The zero-order chi connectivity index (χ0) is 13.0. The van der Waals surface area contributed by atoms with Gasteiger partial charge in [-0.25, -0.2) is 0 Å². The van der Waals surface area contributed by atoms with Gasteiger partial charge < -0.3 is 4.90 Å². The first kappa shape index (κ1) is 14.2. The van der Waals surface area contributed by atoms with Crippen LogP contribution in [0.2, 0.25) is 5.02 Å². The smallest absolute Gasteiger partial charge is 0.140 e. The minimum absolute atomic E-state index is 0.200. The number of aryl methyl sites for hydroxylation is 2. The number of hydrogen-bond acceptors (Lipinski definition) is 3. The summed E-state index contributed by atoms with van der Waals surface area (Å²) < 4.78 is 1.72. The molecule has 1 aromatic rings. The first-order valence-corrected chi connectivity index (χ1v) is 6.20. The lowest BCUT2D eigenvalue weighted by Crippen LogP contribution is -2.18. The second-order valence-electron chi connectivity index (χ2n) is 4.45. The van der Waals surface area contributed by atoms with E-state index in [0.717, 1.165) is 24.4 Å². The predicted molar refractivity (Wildman–Crippen MR) is 69.5 cm³/mol. The van der Waals surface area contributed by atoms with Crippen molar-refractivity contribution in [1.82, 2.24) is 14.7 Å². The molecule has 5 heteroatoms. The number of halogens is 1. The molecule has 0 unspecified atom stereocenters. The van der Waals surface area contributed by atoms with Crippen LogP contribution >= 0.6 is 11.6 Å². The van der Waals surface area contributed by atoms with Gasteiger partial charge in [-0.1, -0.05) is 18.5 Å². The van der Waals surface area contributed by atoms with Crippen LogP contribution in [0.4, 0.5) is 0 Å². The van der Waals surface area contributed by atoms with Gasteiger partial charge in [0.05, 0.1) is 16.4 Å². The van der Waals surface area contributed by atoms with Crippen molar-refractivity contribution in [2.24, 2.45) is 7.05 Å². The van der Waals surface area contributed by atoms with E-state index in [4.69, 9.17) is 11.6 Å². The lowest BCUT2D eigenvalue weighted by molar-refractivity contribution is -0.118. The highest BCUT2D eigenvalue weighted by molar-refractivity contribution is 6.32. The maximum Gasteiger partial charge on any atom is 0.140 e. The van der Waals surface area contributed by atoms with Gasteiger partial charge in [0.25, 0.3) is 0 Å². The molecule has 0 fully saturated rings. The molecule has 0 saturated carbocycles. The average Bonchev–Trinajstić information content (AvgIpc) is 2.53. The van der Waals surface area contributed by atoms with Gasteiger partial charge in [-0.05, 0) is 20.5 Å². The lowest BCUT2D eigenvalue weighted by Gasteiger charge is -2.08. The molecule has 0 aliphatic heterocycles. The van der Waals surface area contributed by atoms with Crippen LogP contribution in [0.1, 0.15) is 24.7 Å². The van der Waals surface area contributed by atoms with E-state index in [9.17, 15) is 4.79 Å². The Kier molecular flexibility index (Phi) is 5.15. The van der Waals surface area contributed by atoms with Crippen molar-refractivity contribution < 1.29 is 4.79 Å². The predicted octanol–water partition coefficient (Wildman–Crippen LogP) is 1.70. The number of nitrogens with zero attached hydrogens (tertiary/aromatic N) is 3. The Balaban J connectivity index is 2.68. The van der Waals surface area contributed by atoms with E-state index in [2.05, 4.69) is 5.10 Å². The zero-order valence-electron chi connectivity index (χ0n) is 11.0. The van der Waals surface area contributed by atoms with Crippen LogP contribution in [0.25, 0.3) is 0 Å².